The Morgan fingerprint density at radius 3 is 2.57 bits per heavy atom. The van der Waals surface area contributed by atoms with Gasteiger partial charge >= 0.3 is 5.97 Å². The number of H-pyrrole nitrogens is 1. The normalized spacial score (nSPS) is 10.7. The third-order valence-corrected chi connectivity index (χ3v) is 4.36. The summed E-state index contributed by atoms with van der Waals surface area (Å²) in [5, 5.41) is 2.75. The highest BCUT2D eigenvalue weighted by Crippen LogP contribution is 2.25. The van der Waals surface area contributed by atoms with Crippen LogP contribution in [0.5, 0.6) is 5.75 Å². The molecule has 3 heterocycles. The largest absolute Gasteiger partial charge is 0.485 e. The van der Waals surface area contributed by atoms with Crippen molar-refractivity contribution in [3.05, 3.63) is 70.9 Å². The first kappa shape index (κ1) is 21.0. The number of aromatic amines is 1. The van der Waals surface area contributed by atoms with Crippen molar-refractivity contribution >= 4 is 17.7 Å². The summed E-state index contributed by atoms with van der Waals surface area (Å²) in [6, 6.07) is 7.14. The molecule has 2 N–H and O–H groups in total. The second kappa shape index (κ2) is 9.21. The van der Waals surface area contributed by atoms with Crippen LogP contribution in [-0.2, 0) is 11.3 Å². The van der Waals surface area contributed by atoms with E-state index in [1.165, 1.54) is 0 Å². The molecule has 3 aromatic rings. The lowest BCUT2D eigenvalue weighted by atomic mass is 10.1. The first-order valence-corrected chi connectivity index (χ1v) is 9.55. The van der Waals surface area contributed by atoms with Gasteiger partial charge in [-0.05, 0) is 63.1 Å². The van der Waals surface area contributed by atoms with Crippen molar-refractivity contribution in [2.24, 2.45) is 0 Å². The van der Waals surface area contributed by atoms with Gasteiger partial charge in [-0.25, -0.2) is 9.78 Å². The Kier molecular flexibility index (Phi) is 6.46. The molecule has 0 aliphatic rings. The fourth-order valence-corrected chi connectivity index (χ4v) is 2.97. The van der Waals surface area contributed by atoms with E-state index in [2.05, 4.69) is 20.3 Å². The molecule has 0 aromatic carbocycles. The number of nitrogens with zero attached hydrogens (tertiary/aromatic N) is 2. The molecule has 0 spiro atoms. The molecule has 0 bridgehead atoms. The number of hydrogen-bond donors (Lipinski definition) is 2. The number of aromatic nitrogens is 3. The Bertz CT molecular complexity index is 1040. The van der Waals surface area contributed by atoms with Crippen molar-refractivity contribution in [2.45, 2.75) is 40.4 Å². The summed E-state index contributed by atoms with van der Waals surface area (Å²) in [5.41, 5.74) is 2.66. The first-order chi connectivity index (χ1) is 14.4. The molecule has 0 saturated carbocycles. The molecule has 0 fully saturated rings. The van der Waals surface area contributed by atoms with Crippen molar-refractivity contribution in [3.8, 4) is 5.75 Å². The molecule has 0 aliphatic carbocycles. The molecule has 3 aromatic heterocycles. The average Bonchev–Trinajstić information content (AvgIpc) is 3.02. The van der Waals surface area contributed by atoms with Gasteiger partial charge in [0.2, 0.25) is 0 Å². The highest BCUT2D eigenvalue weighted by Gasteiger charge is 2.24. The topological polar surface area (TPSA) is 106 Å². The number of pyridine rings is 2. The molecule has 0 atom stereocenters. The zero-order valence-corrected chi connectivity index (χ0v) is 17.4. The third kappa shape index (κ3) is 4.83. The predicted molar refractivity (Wildman–Crippen MR) is 112 cm³/mol. The number of nitrogens with one attached hydrogen (secondary N) is 2. The number of carbonyl (C=O) groups excluding carboxylic acids is 2. The summed E-state index contributed by atoms with van der Waals surface area (Å²) in [6.45, 7) is 7.29. The van der Waals surface area contributed by atoms with Crippen molar-refractivity contribution < 1.29 is 19.1 Å². The van der Waals surface area contributed by atoms with Gasteiger partial charge in [-0.3, -0.25) is 9.78 Å². The predicted octanol–water partition coefficient (Wildman–Crippen LogP) is 3.82. The number of amides is 1. The number of anilines is 1. The van der Waals surface area contributed by atoms with Crippen LogP contribution in [0.2, 0.25) is 0 Å². The number of hydrogen-bond acceptors (Lipinski definition) is 6. The van der Waals surface area contributed by atoms with Gasteiger partial charge < -0.3 is 19.8 Å². The van der Waals surface area contributed by atoms with Crippen molar-refractivity contribution in [2.75, 3.05) is 5.32 Å². The summed E-state index contributed by atoms with van der Waals surface area (Å²) in [7, 11) is 0. The Morgan fingerprint density at radius 2 is 1.87 bits per heavy atom. The van der Waals surface area contributed by atoms with E-state index in [4.69, 9.17) is 9.47 Å². The Hall–Kier alpha value is -3.68. The monoisotopic (exact) mass is 408 g/mol. The van der Waals surface area contributed by atoms with E-state index < -0.39 is 11.9 Å². The number of esters is 1. The van der Waals surface area contributed by atoms with Crippen molar-refractivity contribution in [3.63, 3.8) is 0 Å². The van der Waals surface area contributed by atoms with Crippen LogP contribution < -0.4 is 10.1 Å². The zero-order chi connectivity index (χ0) is 21.7. The number of rotatable bonds is 7. The summed E-state index contributed by atoms with van der Waals surface area (Å²) < 4.78 is 11.1. The van der Waals surface area contributed by atoms with E-state index in [0.29, 0.717) is 29.2 Å². The molecule has 1 amide bonds. The second-order valence-corrected chi connectivity index (χ2v) is 7.03. The first-order valence-electron chi connectivity index (χ1n) is 9.55. The summed E-state index contributed by atoms with van der Waals surface area (Å²) in [5.74, 6) is -0.168. The number of aryl methyl sites for hydroxylation is 1. The van der Waals surface area contributed by atoms with E-state index >= 15 is 0 Å². The lowest BCUT2D eigenvalue weighted by Gasteiger charge is -2.11. The maximum atomic E-state index is 12.9. The van der Waals surface area contributed by atoms with Gasteiger partial charge in [0.05, 0.1) is 11.7 Å². The zero-order valence-electron chi connectivity index (χ0n) is 17.4. The third-order valence-electron chi connectivity index (χ3n) is 4.36. The fourth-order valence-electron chi connectivity index (χ4n) is 2.97. The van der Waals surface area contributed by atoms with E-state index in [-0.39, 0.29) is 17.6 Å². The van der Waals surface area contributed by atoms with Crippen LogP contribution in [0.15, 0.2) is 42.9 Å². The van der Waals surface area contributed by atoms with Crippen molar-refractivity contribution in [1.82, 2.24) is 15.0 Å². The Balaban J connectivity index is 1.78. The van der Waals surface area contributed by atoms with Gasteiger partial charge in [-0.15, -0.1) is 0 Å². The highest BCUT2D eigenvalue weighted by molar-refractivity contribution is 6.07. The minimum atomic E-state index is -0.463. The van der Waals surface area contributed by atoms with Crippen LogP contribution in [0.3, 0.4) is 0 Å². The van der Waals surface area contributed by atoms with Gasteiger partial charge in [0.15, 0.2) is 11.6 Å². The lowest BCUT2D eigenvalue weighted by Crippen LogP contribution is -2.16. The summed E-state index contributed by atoms with van der Waals surface area (Å²) in [4.78, 5) is 36.4. The van der Waals surface area contributed by atoms with Crippen LogP contribution in [0.25, 0.3) is 0 Å². The second-order valence-electron chi connectivity index (χ2n) is 7.03. The molecule has 0 radical (unpaired) electrons. The summed E-state index contributed by atoms with van der Waals surface area (Å²) in [6.07, 6.45) is 4.68. The van der Waals surface area contributed by atoms with Gasteiger partial charge in [0, 0.05) is 24.3 Å². The van der Waals surface area contributed by atoms with Crippen LogP contribution in [-0.4, -0.2) is 32.9 Å². The van der Waals surface area contributed by atoms with Crippen LogP contribution in [0, 0.1) is 13.8 Å². The molecular weight excluding hydrogens is 384 g/mol. The molecule has 0 unspecified atom stereocenters. The van der Waals surface area contributed by atoms with E-state index in [1.54, 1.807) is 58.4 Å². The van der Waals surface area contributed by atoms with Gasteiger partial charge in [0.1, 0.15) is 12.3 Å². The molecule has 3 rings (SSSR count). The molecule has 0 aliphatic heterocycles. The van der Waals surface area contributed by atoms with Gasteiger partial charge in [-0.2, -0.15) is 0 Å². The molecular formula is C22H24N4O4. The average molecular weight is 408 g/mol. The minimum Gasteiger partial charge on any atom is -0.485 e. The van der Waals surface area contributed by atoms with Crippen LogP contribution >= 0.6 is 0 Å². The van der Waals surface area contributed by atoms with Gasteiger partial charge in [0.25, 0.3) is 5.91 Å². The highest BCUT2D eigenvalue weighted by atomic mass is 16.5. The summed E-state index contributed by atoms with van der Waals surface area (Å²) >= 11 is 0. The van der Waals surface area contributed by atoms with E-state index in [9.17, 15) is 9.59 Å². The van der Waals surface area contributed by atoms with Crippen LogP contribution in [0.4, 0.5) is 5.82 Å². The fraction of sp³-hybridized carbons (Fsp3) is 0.273. The lowest BCUT2D eigenvalue weighted by molar-refractivity contribution is 0.0376. The minimum absolute atomic E-state index is 0.253. The van der Waals surface area contributed by atoms with E-state index in [0.717, 1.165) is 5.56 Å². The molecule has 0 saturated heterocycles. The quantitative estimate of drug-likeness (QED) is 0.576. The molecule has 8 nitrogen and oxygen atoms in total. The maximum absolute atomic E-state index is 12.9. The number of ether oxygens (including phenoxy) is 2. The van der Waals surface area contributed by atoms with E-state index in [1.807, 2.05) is 12.1 Å². The van der Waals surface area contributed by atoms with Gasteiger partial charge in [-0.1, -0.05) is 0 Å². The SMILES string of the molecule is Cc1[nH]c(C(=O)Nc2ncccc2OCc2ccncc2)c(C)c1C(=O)OC(C)C. The smallest absolute Gasteiger partial charge is 0.340 e. The molecule has 30 heavy (non-hydrogen) atoms. The number of carbonyl (C=O) groups is 2. The Morgan fingerprint density at radius 1 is 1.13 bits per heavy atom. The standard InChI is InChI=1S/C22H24N4O4/c1-13(2)30-22(28)18-14(3)19(25-15(18)4)21(27)26-20-17(6-5-9-24-20)29-12-16-7-10-23-11-8-16/h5-11,13,25H,12H2,1-4H3,(H,24,26,27). The maximum Gasteiger partial charge on any atom is 0.340 e. The molecule has 156 valence electrons. The van der Waals surface area contributed by atoms with Crippen molar-refractivity contribution in [1.29, 1.82) is 0 Å². The van der Waals surface area contributed by atoms with Crippen LogP contribution in [0.1, 0.15) is 51.5 Å². The molecule has 8 heteroatoms. The Labute approximate surface area is 174 Å².